The quantitative estimate of drug-likeness (QED) is 0.830. The van der Waals surface area contributed by atoms with E-state index in [-0.39, 0.29) is 31.0 Å². The van der Waals surface area contributed by atoms with E-state index in [9.17, 15) is 22.8 Å². The second-order valence-electron chi connectivity index (χ2n) is 7.71. The Kier molecular flexibility index (Phi) is 4.84. The summed E-state index contributed by atoms with van der Waals surface area (Å²) in [6, 6.07) is 7.49. The number of carbonyl (C=O) groups is 2. The van der Waals surface area contributed by atoms with E-state index in [4.69, 9.17) is 4.74 Å². The fourth-order valence-corrected chi connectivity index (χ4v) is 3.78. The van der Waals surface area contributed by atoms with Crippen molar-refractivity contribution in [2.24, 2.45) is 5.92 Å². The molecule has 0 aromatic heterocycles. The van der Waals surface area contributed by atoms with E-state index in [0.29, 0.717) is 32.5 Å². The number of amides is 2. The zero-order chi connectivity index (χ0) is 19.9. The first-order valence-corrected chi connectivity index (χ1v) is 9.42. The number of nitrogens with zero attached hydrogens (tertiary/aromatic N) is 2. The molecule has 2 amide bonds. The maximum absolute atomic E-state index is 12.6. The predicted molar refractivity (Wildman–Crippen MR) is 95.0 cm³/mol. The third-order valence-electron chi connectivity index (χ3n) is 5.75. The topological polar surface area (TPSA) is 61.9 Å². The number of halogens is 3. The Morgan fingerprint density at radius 3 is 2.39 bits per heavy atom. The lowest BCUT2D eigenvalue weighted by molar-refractivity contribution is -0.180. The van der Waals surface area contributed by atoms with E-state index in [1.165, 1.54) is 0 Å². The molecular formula is C19H22F3N3O3. The van der Waals surface area contributed by atoms with Gasteiger partial charge in [0.2, 0.25) is 5.91 Å². The van der Waals surface area contributed by atoms with Gasteiger partial charge >= 0.3 is 12.3 Å². The number of likely N-dealkylation sites (tertiary alicyclic amines) is 1. The molecular weight excluding hydrogens is 375 g/mol. The Balaban J connectivity index is 1.20. The molecule has 1 atom stereocenters. The molecule has 0 spiro atoms. The molecule has 6 nitrogen and oxygen atoms in total. The minimum Gasteiger partial charge on any atom is -0.447 e. The number of carbonyl (C=O) groups excluding carboxylic acids is 2. The van der Waals surface area contributed by atoms with Crippen molar-refractivity contribution >= 4 is 17.7 Å². The SMILES string of the molecule is O=C1N[C@H](CCC(=O)N2CC(c3ccc(N4CC(C(F)(F)F)C4)cc3)C2)CO1. The Morgan fingerprint density at radius 1 is 1.14 bits per heavy atom. The number of rotatable bonds is 5. The van der Waals surface area contributed by atoms with E-state index >= 15 is 0 Å². The molecule has 0 aliphatic carbocycles. The Labute approximate surface area is 160 Å². The number of cyclic esters (lactones) is 1. The van der Waals surface area contributed by atoms with Crippen molar-refractivity contribution in [1.82, 2.24) is 10.2 Å². The van der Waals surface area contributed by atoms with Crippen LogP contribution in [0.5, 0.6) is 0 Å². The van der Waals surface area contributed by atoms with Crippen molar-refractivity contribution < 1.29 is 27.5 Å². The molecule has 9 heteroatoms. The highest BCUT2D eigenvalue weighted by Gasteiger charge is 2.47. The second-order valence-corrected chi connectivity index (χ2v) is 7.71. The number of ether oxygens (including phenoxy) is 1. The summed E-state index contributed by atoms with van der Waals surface area (Å²) in [5.74, 6) is -0.915. The zero-order valence-corrected chi connectivity index (χ0v) is 15.2. The van der Waals surface area contributed by atoms with Crippen LogP contribution in [0.1, 0.15) is 24.3 Å². The van der Waals surface area contributed by atoms with E-state index in [0.717, 1.165) is 11.3 Å². The molecule has 28 heavy (non-hydrogen) atoms. The Bertz CT molecular complexity index is 741. The Hall–Kier alpha value is -2.45. The molecule has 1 aromatic carbocycles. The highest BCUT2D eigenvalue weighted by molar-refractivity contribution is 5.77. The smallest absolute Gasteiger partial charge is 0.407 e. The van der Waals surface area contributed by atoms with Crippen molar-refractivity contribution in [2.75, 3.05) is 37.7 Å². The predicted octanol–water partition coefficient (Wildman–Crippen LogP) is 2.50. The normalized spacial score (nSPS) is 23.1. The largest absolute Gasteiger partial charge is 0.447 e. The van der Waals surface area contributed by atoms with Crippen LogP contribution in [0.4, 0.5) is 23.7 Å². The molecule has 152 valence electrons. The fourth-order valence-electron chi connectivity index (χ4n) is 3.78. The molecule has 1 N–H and O–H groups in total. The van der Waals surface area contributed by atoms with Gasteiger partial charge in [0, 0.05) is 44.2 Å². The van der Waals surface area contributed by atoms with E-state index < -0.39 is 18.2 Å². The third-order valence-corrected chi connectivity index (χ3v) is 5.75. The average Bonchev–Trinajstić information content (AvgIpc) is 2.96. The van der Waals surface area contributed by atoms with Gasteiger partial charge in [-0.2, -0.15) is 13.2 Å². The summed E-state index contributed by atoms with van der Waals surface area (Å²) in [6.07, 6.45) is -3.61. The van der Waals surface area contributed by atoms with Gasteiger partial charge in [0.15, 0.2) is 0 Å². The Morgan fingerprint density at radius 2 is 1.82 bits per heavy atom. The first-order valence-electron chi connectivity index (χ1n) is 9.42. The van der Waals surface area contributed by atoms with Gasteiger partial charge in [-0.3, -0.25) is 4.79 Å². The molecule has 3 aliphatic rings. The van der Waals surface area contributed by atoms with Crippen molar-refractivity contribution in [2.45, 2.75) is 31.0 Å². The monoisotopic (exact) mass is 397 g/mol. The molecule has 1 aromatic rings. The number of alkyl halides is 3. The number of nitrogens with one attached hydrogen (secondary N) is 1. The lowest BCUT2D eigenvalue weighted by atomic mass is 9.90. The molecule has 0 unspecified atom stereocenters. The lowest BCUT2D eigenvalue weighted by Gasteiger charge is -2.42. The summed E-state index contributed by atoms with van der Waals surface area (Å²) in [6.45, 7) is 1.63. The van der Waals surface area contributed by atoms with Crippen LogP contribution in [0.15, 0.2) is 24.3 Å². The maximum Gasteiger partial charge on any atom is 0.407 e. The fraction of sp³-hybridized carbons (Fsp3) is 0.579. The van der Waals surface area contributed by atoms with Crippen LogP contribution < -0.4 is 10.2 Å². The van der Waals surface area contributed by atoms with Crippen LogP contribution in [0.25, 0.3) is 0 Å². The van der Waals surface area contributed by atoms with Crippen LogP contribution in [-0.2, 0) is 9.53 Å². The lowest BCUT2D eigenvalue weighted by Crippen LogP contribution is -2.53. The van der Waals surface area contributed by atoms with Crippen molar-refractivity contribution in [3.63, 3.8) is 0 Å². The van der Waals surface area contributed by atoms with Gasteiger partial charge in [0.05, 0.1) is 12.0 Å². The van der Waals surface area contributed by atoms with E-state index in [1.54, 1.807) is 9.80 Å². The van der Waals surface area contributed by atoms with Crippen LogP contribution in [0.2, 0.25) is 0 Å². The number of benzene rings is 1. The summed E-state index contributed by atoms with van der Waals surface area (Å²) >= 11 is 0. The van der Waals surface area contributed by atoms with Gasteiger partial charge in [-0.25, -0.2) is 4.79 Å². The standard InChI is InChI=1S/C19H22F3N3O3/c20-19(21,22)14-9-24(10-14)16-4-1-12(2-5-16)13-7-25(8-13)17(26)6-3-15-11-28-18(27)23-15/h1-2,4-5,13-15H,3,6-11H2,(H,23,27)/t15-/m1/s1. The summed E-state index contributed by atoms with van der Waals surface area (Å²) in [5.41, 5.74) is 1.90. The molecule has 0 radical (unpaired) electrons. The summed E-state index contributed by atoms with van der Waals surface area (Å²) in [7, 11) is 0. The summed E-state index contributed by atoms with van der Waals surface area (Å²) < 4.78 is 42.6. The average molecular weight is 397 g/mol. The minimum absolute atomic E-state index is 0.0149. The first kappa shape index (κ1) is 18.9. The van der Waals surface area contributed by atoms with Crippen LogP contribution in [0.3, 0.4) is 0 Å². The van der Waals surface area contributed by atoms with E-state index in [1.807, 2.05) is 24.3 Å². The van der Waals surface area contributed by atoms with Gasteiger partial charge < -0.3 is 19.9 Å². The molecule has 3 aliphatic heterocycles. The molecule has 4 rings (SSSR count). The van der Waals surface area contributed by atoms with Crippen LogP contribution in [0, 0.1) is 5.92 Å². The van der Waals surface area contributed by atoms with Crippen molar-refractivity contribution in [3.8, 4) is 0 Å². The summed E-state index contributed by atoms with van der Waals surface area (Å²) in [4.78, 5) is 26.7. The number of hydrogen-bond acceptors (Lipinski definition) is 4. The number of alkyl carbamates (subject to hydrolysis) is 1. The van der Waals surface area contributed by atoms with Crippen LogP contribution >= 0.6 is 0 Å². The number of hydrogen-bond donors (Lipinski definition) is 1. The molecule has 0 bridgehead atoms. The highest BCUT2D eigenvalue weighted by Crippen LogP contribution is 2.37. The van der Waals surface area contributed by atoms with Crippen molar-refractivity contribution in [3.05, 3.63) is 29.8 Å². The minimum atomic E-state index is -4.12. The van der Waals surface area contributed by atoms with E-state index in [2.05, 4.69) is 5.32 Å². The van der Waals surface area contributed by atoms with Gasteiger partial charge in [0.1, 0.15) is 6.61 Å². The molecule has 3 saturated heterocycles. The van der Waals surface area contributed by atoms with Gasteiger partial charge in [-0.15, -0.1) is 0 Å². The molecule has 0 saturated carbocycles. The summed E-state index contributed by atoms with van der Waals surface area (Å²) in [5, 5.41) is 2.66. The second kappa shape index (κ2) is 7.18. The first-order chi connectivity index (χ1) is 13.3. The third kappa shape index (κ3) is 3.88. The maximum atomic E-state index is 12.6. The number of anilines is 1. The van der Waals surface area contributed by atoms with Gasteiger partial charge in [0.25, 0.3) is 0 Å². The van der Waals surface area contributed by atoms with Gasteiger partial charge in [-0.05, 0) is 24.1 Å². The molecule has 3 fully saturated rings. The molecule has 3 heterocycles. The van der Waals surface area contributed by atoms with Gasteiger partial charge in [-0.1, -0.05) is 12.1 Å². The highest BCUT2D eigenvalue weighted by atomic mass is 19.4. The van der Waals surface area contributed by atoms with Crippen molar-refractivity contribution in [1.29, 1.82) is 0 Å². The zero-order valence-electron chi connectivity index (χ0n) is 15.2. The van der Waals surface area contributed by atoms with Crippen LogP contribution in [-0.4, -0.2) is 61.9 Å².